The number of nitrogens with zero attached hydrogens (tertiary/aromatic N) is 3. The molecule has 0 radical (unpaired) electrons. The van der Waals surface area contributed by atoms with Gasteiger partial charge < -0.3 is 10.5 Å². The van der Waals surface area contributed by atoms with Crippen LogP contribution in [0.25, 0.3) is 0 Å². The molecule has 0 aliphatic carbocycles. The number of rotatable bonds is 11. The van der Waals surface area contributed by atoms with Gasteiger partial charge in [-0.2, -0.15) is 0 Å². The zero-order valence-electron chi connectivity index (χ0n) is 19.8. The lowest BCUT2D eigenvalue weighted by molar-refractivity contribution is 0.0524. The van der Waals surface area contributed by atoms with Crippen LogP contribution in [0.4, 0.5) is 11.5 Å². The molecule has 0 spiro atoms. The van der Waals surface area contributed by atoms with Crippen LogP contribution in [0, 0.1) is 6.92 Å². The number of amides is 1. The maximum atomic E-state index is 13.5. The summed E-state index contributed by atoms with van der Waals surface area (Å²) < 4.78 is 6.29. The molecule has 2 rings (SSSR count). The predicted molar refractivity (Wildman–Crippen MR) is 127 cm³/mol. The highest BCUT2D eigenvalue weighted by Gasteiger charge is 2.26. The van der Waals surface area contributed by atoms with E-state index in [-0.39, 0.29) is 35.9 Å². The first-order valence-corrected chi connectivity index (χ1v) is 11.4. The first-order chi connectivity index (χ1) is 15.8. The van der Waals surface area contributed by atoms with Gasteiger partial charge in [0.15, 0.2) is 5.69 Å². The molecule has 0 aliphatic rings. The van der Waals surface area contributed by atoms with E-state index in [1.807, 2.05) is 13.8 Å². The molecule has 180 valence electrons. The second kappa shape index (κ2) is 12.0. The normalized spacial score (nSPS) is 10.8. The molecule has 0 atom stereocenters. The van der Waals surface area contributed by atoms with E-state index in [2.05, 4.69) is 9.97 Å². The van der Waals surface area contributed by atoms with E-state index in [0.29, 0.717) is 25.1 Å². The minimum Gasteiger partial charge on any atom is -0.462 e. The Labute approximate surface area is 192 Å². The van der Waals surface area contributed by atoms with Crippen molar-refractivity contribution in [2.75, 3.05) is 23.8 Å². The molecule has 0 aliphatic heterocycles. The number of aryl methyl sites for hydroxylation is 1. The molecule has 10 nitrogen and oxygen atoms in total. The number of pyridine rings is 1. The molecule has 2 aromatic heterocycles. The van der Waals surface area contributed by atoms with Gasteiger partial charge in [-0.1, -0.05) is 33.1 Å². The molecular weight excluding hydrogens is 426 g/mol. The van der Waals surface area contributed by atoms with Gasteiger partial charge in [-0.3, -0.25) is 24.0 Å². The summed E-state index contributed by atoms with van der Waals surface area (Å²) in [5, 5.41) is 0. The zero-order valence-corrected chi connectivity index (χ0v) is 19.8. The molecule has 0 bridgehead atoms. The number of esters is 1. The molecule has 0 saturated heterocycles. The molecule has 2 heterocycles. The lowest BCUT2D eigenvalue weighted by Crippen LogP contribution is -2.42. The Bertz CT molecular complexity index is 1110. The summed E-state index contributed by atoms with van der Waals surface area (Å²) in [6.07, 6.45) is 3.90. The summed E-state index contributed by atoms with van der Waals surface area (Å²) in [5.41, 5.74) is 5.49. The molecule has 1 amide bonds. The van der Waals surface area contributed by atoms with Gasteiger partial charge in [0.25, 0.3) is 11.5 Å². The number of aromatic amines is 1. The van der Waals surface area contributed by atoms with Crippen LogP contribution < -0.4 is 21.9 Å². The number of carbonyl (C=O) groups is 2. The summed E-state index contributed by atoms with van der Waals surface area (Å²) >= 11 is 0. The fourth-order valence-corrected chi connectivity index (χ4v) is 3.45. The Hall–Kier alpha value is -3.43. The third-order valence-corrected chi connectivity index (χ3v) is 5.25. The lowest BCUT2D eigenvalue weighted by Gasteiger charge is -2.24. The Kier molecular flexibility index (Phi) is 9.38. The third-order valence-electron chi connectivity index (χ3n) is 5.25. The second-order valence-corrected chi connectivity index (χ2v) is 7.71. The largest absolute Gasteiger partial charge is 0.462 e. The van der Waals surface area contributed by atoms with Gasteiger partial charge in [-0.05, 0) is 38.8 Å². The van der Waals surface area contributed by atoms with E-state index in [1.54, 1.807) is 13.8 Å². The Morgan fingerprint density at radius 2 is 1.82 bits per heavy atom. The summed E-state index contributed by atoms with van der Waals surface area (Å²) in [4.78, 5) is 58.4. The first-order valence-electron chi connectivity index (χ1n) is 11.4. The molecule has 2 aromatic rings. The van der Waals surface area contributed by atoms with E-state index in [4.69, 9.17) is 10.5 Å². The Balaban J connectivity index is 2.54. The summed E-state index contributed by atoms with van der Waals surface area (Å²) in [5.74, 6) is -1.12. The number of nitrogens with one attached hydrogen (secondary N) is 1. The Morgan fingerprint density at radius 1 is 1.12 bits per heavy atom. The second-order valence-electron chi connectivity index (χ2n) is 7.71. The monoisotopic (exact) mass is 459 g/mol. The number of anilines is 2. The van der Waals surface area contributed by atoms with Crippen LogP contribution in [-0.2, 0) is 11.3 Å². The molecule has 10 heteroatoms. The van der Waals surface area contributed by atoms with Crippen molar-refractivity contribution in [2.24, 2.45) is 0 Å². The van der Waals surface area contributed by atoms with Crippen LogP contribution in [0.1, 0.15) is 79.4 Å². The van der Waals surface area contributed by atoms with Crippen molar-refractivity contribution in [2.45, 2.75) is 66.3 Å². The quantitative estimate of drug-likeness (QED) is 0.389. The SMILES string of the molecule is CCCCCN(C(=O)c1ccc(C(=O)OCC)c(C)n1)c1c(N)n(CCCC)c(=O)[nH]c1=O. The van der Waals surface area contributed by atoms with E-state index in [1.165, 1.54) is 21.6 Å². The fourth-order valence-electron chi connectivity index (χ4n) is 3.45. The maximum absolute atomic E-state index is 13.5. The number of H-pyrrole nitrogens is 1. The van der Waals surface area contributed by atoms with Gasteiger partial charge in [0.1, 0.15) is 11.5 Å². The van der Waals surface area contributed by atoms with Crippen molar-refractivity contribution >= 4 is 23.4 Å². The topological polar surface area (TPSA) is 140 Å². The highest BCUT2D eigenvalue weighted by molar-refractivity contribution is 6.06. The molecule has 0 unspecified atom stereocenters. The molecule has 0 aromatic carbocycles. The highest BCUT2D eigenvalue weighted by Crippen LogP contribution is 2.21. The molecule has 33 heavy (non-hydrogen) atoms. The summed E-state index contributed by atoms with van der Waals surface area (Å²) in [6.45, 7) is 8.09. The number of aromatic nitrogens is 3. The van der Waals surface area contributed by atoms with Gasteiger partial charge in [0.2, 0.25) is 0 Å². The van der Waals surface area contributed by atoms with E-state index >= 15 is 0 Å². The van der Waals surface area contributed by atoms with Crippen molar-refractivity contribution < 1.29 is 14.3 Å². The Morgan fingerprint density at radius 3 is 2.42 bits per heavy atom. The van der Waals surface area contributed by atoms with Crippen molar-refractivity contribution in [1.82, 2.24) is 14.5 Å². The first kappa shape index (κ1) is 25.8. The number of hydrogen-bond donors (Lipinski definition) is 2. The van der Waals surface area contributed by atoms with Gasteiger partial charge in [0.05, 0.1) is 17.9 Å². The van der Waals surface area contributed by atoms with E-state index in [9.17, 15) is 19.2 Å². The van der Waals surface area contributed by atoms with Gasteiger partial charge >= 0.3 is 11.7 Å². The fraction of sp³-hybridized carbons (Fsp3) is 0.522. The average molecular weight is 460 g/mol. The van der Waals surface area contributed by atoms with Crippen molar-refractivity contribution in [3.05, 3.63) is 49.9 Å². The minimum absolute atomic E-state index is 0.0538. The molecular formula is C23H33N5O5. The number of unbranched alkanes of at least 4 members (excludes halogenated alkanes) is 3. The van der Waals surface area contributed by atoms with Crippen LogP contribution in [0.2, 0.25) is 0 Å². The smallest absolute Gasteiger partial charge is 0.339 e. The van der Waals surface area contributed by atoms with Gasteiger partial charge in [-0.15, -0.1) is 0 Å². The number of nitrogens with two attached hydrogens (primary N) is 1. The average Bonchev–Trinajstić information content (AvgIpc) is 2.77. The zero-order chi connectivity index (χ0) is 24.5. The number of carbonyl (C=O) groups excluding carboxylic acids is 2. The van der Waals surface area contributed by atoms with Crippen molar-refractivity contribution in [3.8, 4) is 0 Å². The molecule has 0 saturated carbocycles. The minimum atomic E-state index is -0.727. The van der Waals surface area contributed by atoms with Crippen LogP contribution in [-0.4, -0.2) is 39.6 Å². The third kappa shape index (κ3) is 6.09. The number of ether oxygens (including phenoxy) is 1. The summed E-state index contributed by atoms with van der Waals surface area (Å²) in [7, 11) is 0. The number of nitrogen functional groups attached to an aromatic ring is 1. The van der Waals surface area contributed by atoms with Crippen molar-refractivity contribution in [1.29, 1.82) is 0 Å². The van der Waals surface area contributed by atoms with Gasteiger partial charge in [0, 0.05) is 13.1 Å². The van der Waals surface area contributed by atoms with Crippen molar-refractivity contribution in [3.63, 3.8) is 0 Å². The van der Waals surface area contributed by atoms with E-state index in [0.717, 1.165) is 19.3 Å². The predicted octanol–water partition coefficient (Wildman–Crippen LogP) is 2.64. The summed E-state index contributed by atoms with van der Waals surface area (Å²) in [6, 6.07) is 2.90. The van der Waals surface area contributed by atoms with Crippen LogP contribution in [0.3, 0.4) is 0 Å². The van der Waals surface area contributed by atoms with Gasteiger partial charge in [-0.25, -0.2) is 14.6 Å². The maximum Gasteiger partial charge on any atom is 0.339 e. The standard InChI is InChI=1S/C23H33N5O5/c1-5-8-10-14-27(18-19(24)28(13-9-6-2)23(32)26-20(18)29)21(30)17-12-11-16(15(4)25-17)22(31)33-7-3/h11-12H,5-10,13-14,24H2,1-4H3,(H,26,29,32). The van der Waals surface area contributed by atoms with Crippen LogP contribution in [0.5, 0.6) is 0 Å². The van der Waals surface area contributed by atoms with E-state index < -0.39 is 23.1 Å². The number of hydrogen-bond acceptors (Lipinski definition) is 7. The molecule has 3 N–H and O–H groups in total. The van der Waals surface area contributed by atoms with Crippen LogP contribution >= 0.6 is 0 Å². The highest BCUT2D eigenvalue weighted by atomic mass is 16.5. The molecule has 0 fully saturated rings. The van der Waals surface area contributed by atoms with Crippen LogP contribution in [0.15, 0.2) is 21.7 Å². The lowest BCUT2D eigenvalue weighted by atomic mass is 10.1.